The smallest absolute Gasteiger partial charge is 0.276 e. The Hall–Kier alpha value is -2.43. The van der Waals surface area contributed by atoms with Crippen molar-refractivity contribution in [2.45, 2.75) is 12.5 Å². The van der Waals surface area contributed by atoms with Crippen LogP contribution in [-0.4, -0.2) is 48.0 Å². The first-order chi connectivity index (χ1) is 13.1. The molecule has 0 unspecified atom stereocenters. The van der Waals surface area contributed by atoms with E-state index < -0.39 is 22.2 Å². The second-order valence-electron chi connectivity index (χ2n) is 6.18. The molecule has 10 nitrogen and oxygen atoms in total. The number of pyridine rings is 1. The number of carbonyl (C=O) groups is 1. The standard InChI is InChI=1S/C15H16ClN7O3S2/c1-15(7-28(25,26)23(2)14(18)22-15)13-21-10(6-27-13)20-12(24)11-9(16)3-8(4-17)5-19-11/h3,5-6,25-26H,7H2,1-2H3,(H2,18,22)(H,20,24)/t15-/m0/s1. The molecule has 0 aromatic carbocycles. The van der Waals surface area contributed by atoms with Crippen LogP contribution in [0.25, 0.3) is 0 Å². The molecule has 1 amide bonds. The summed E-state index contributed by atoms with van der Waals surface area (Å²) in [6.45, 7) is 1.69. The summed E-state index contributed by atoms with van der Waals surface area (Å²) in [6, 6.07) is 3.23. The van der Waals surface area contributed by atoms with Gasteiger partial charge in [0.25, 0.3) is 5.91 Å². The van der Waals surface area contributed by atoms with E-state index in [-0.39, 0.29) is 33.8 Å². The largest absolute Gasteiger partial charge is 0.369 e. The van der Waals surface area contributed by atoms with E-state index in [0.717, 1.165) is 4.31 Å². The van der Waals surface area contributed by atoms with E-state index in [4.69, 9.17) is 22.6 Å². The monoisotopic (exact) mass is 441 g/mol. The molecule has 0 bridgehead atoms. The van der Waals surface area contributed by atoms with Gasteiger partial charge in [0.1, 0.15) is 28.1 Å². The zero-order chi connectivity index (χ0) is 20.7. The van der Waals surface area contributed by atoms with E-state index in [0.29, 0.717) is 5.01 Å². The van der Waals surface area contributed by atoms with Crippen molar-refractivity contribution in [2.75, 3.05) is 18.1 Å². The highest BCUT2D eigenvalue weighted by Crippen LogP contribution is 2.51. The highest BCUT2D eigenvalue weighted by atomic mass is 35.5. The van der Waals surface area contributed by atoms with Crippen molar-refractivity contribution in [1.82, 2.24) is 14.3 Å². The molecule has 28 heavy (non-hydrogen) atoms. The lowest BCUT2D eigenvalue weighted by molar-refractivity contribution is 0.102. The van der Waals surface area contributed by atoms with Crippen molar-refractivity contribution in [3.8, 4) is 6.07 Å². The van der Waals surface area contributed by atoms with Crippen LogP contribution in [0.1, 0.15) is 28.0 Å². The normalized spacial score (nSPS) is 22.1. The Kier molecular flexibility index (Phi) is 5.22. The summed E-state index contributed by atoms with van der Waals surface area (Å²) < 4.78 is 21.6. The van der Waals surface area contributed by atoms with Gasteiger partial charge in [0.05, 0.1) is 16.3 Å². The number of aliphatic imine (C=N–C) groups is 1. The Morgan fingerprint density at radius 1 is 1.57 bits per heavy atom. The Morgan fingerprint density at radius 3 is 2.89 bits per heavy atom. The molecule has 0 aliphatic carbocycles. The quantitative estimate of drug-likeness (QED) is 0.564. The molecule has 5 N–H and O–H groups in total. The number of amides is 1. The zero-order valence-corrected chi connectivity index (χ0v) is 17.1. The Bertz CT molecular complexity index is 1020. The van der Waals surface area contributed by atoms with Crippen LogP contribution < -0.4 is 11.1 Å². The number of halogens is 1. The molecule has 3 rings (SSSR count). The summed E-state index contributed by atoms with van der Waals surface area (Å²) in [5, 5.41) is 13.5. The third-order valence-corrected chi connectivity index (χ3v) is 7.39. The van der Waals surface area contributed by atoms with E-state index in [2.05, 4.69) is 20.3 Å². The Morgan fingerprint density at radius 2 is 2.29 bits per heavy atom. The summed E-state index contributed by atoms with van der Waals surface area (Å²) in [6.07, 6.45) is 1.25. The first-order valence-electron chi connectivity index (χ1n) is 7.74. The zero-order valence-electron chi connectivity index (χ0n) is 14.7. The maximum Gasteiger partial charge on any atom is 0.276 e. The van der Waals surface area contributed by atoms with E-state index in [1.165, 1.54) is 30.6 Å². The summed E-state index contributed by atoms with van der Waals surface area (Å²) in [4.78, 5) is 25.0. The van der Waals surface area contributed by atoms with Crippen LogP contribution >= 0.6 is 33.7 Å². The number of hydrogen-bond acceptors (Lipinski definition) is 10. The predicted octanol–water partition coefficient (Wildman–Crippen LogP) is 2.46. The van der Waals surface area contributed by atoms with Crippen LogP contribution in [0.15, 0.2) is 22.6 Å². The van der Waals surface area contributed by atoms with E-state index in [1.54, 1.807) is 12.3 Å². The van der Waals surface area contributed by atoms with E-state index in [9.17, 15) is 13.9 Å². The molecule has 148 valence electrons. The van der Waals surface area contributed by atoms with Gasteiger partial charge in [0.2, 0.25) is 5.96 Å². The molecule has 1 atom stereocenters. The minimum atomic E-state index is -3.13. The number of carbonyl (C=O) groups excluding carboxylic acids is 1. The van der Waals surface area contributed by atoms with Gasteiger partial charge >= 0.3 is 0 Å². The lowest BCUT2D eigenvalue weighted by Gasteiger charge is -2.48. The number of rotatable bonds is 3. The summed E-state index contributed by atoms with van der Waals surface area (Å²) in [5.74, 6) is -0.450. The van der Waals surface area contributed by atoms with E-state index in [1.807, 2.05) is 6.07 Å². The van der Waals surface area contributed by atoms with Gasteiger partial charge in [0.15, 0.2) is 0 Å². The third-order valence-electron chi connectivity index (χ3n) is 3.99. The SMILES string of the molecule is CN1C(N)=N[C@](C)(c2nc(NC(=O)c3ncc(C#N)cc3Cl)cs2)CS1(O)O. The average Bonchev–Trinajstić information content (AvgIpc) is 3.08. The predicted molar refractivity (Wildman–Crippen MR) is 108 cm³/mol. The first kappa shape index (κ1) is 20.3. The molecular weight excluding hydrogens is 426 g/mol. The lowest BCUT2D eigenvalue weighted by atomic mass is 10.1. The third kappa shape index (κ3) is 3.75. The Balaban J connectivity index is 1.83. The average molecular weight is 442 g/mol. The highest BCUT2D eigenvalue weighted by Gasteiger charge is 2.42. The van der Waals surface area contributed by atoms with Gasteiger partial charge in [-0.3, -0.25) is 13.9 Å². The number of guanidine groups is 1. The van der Waals surface area contributed by atoms with Crippen molar-refractivity contribution >= 4 is 51.4 Å². The molecule has 0 spiro atoms. The molecule has 1 aliphatic heterocycles. The number of aromatic nitrogens is 2. The topological polar surface area (TPSA) is 161 Å². The summed E-state index contributed by atoms with van der Waals surface area (Å²) in [7, 11) is -1.68. The second kappa shape index (κ2) is 7.19. The fourth-order valence-electron chi connectivity index (χ4n) is 2.51. The van der Waals surface area contributed by atoms with Gasteiger partial charge in [-0.2, -0.15) is 5.26 Å². The van der Waals surface area contributed by atoms with Crippen molar-refractivity contribution < 1.29 is 13.9 Å². The molecule has 0 fully saturated rings. The number of nitrogens with one attached hydrogen (secondary N) is 1. The summed E-state index contributed by atoms with van der Waals surface area (Å²) >= 11 is 7.19. The minimum Gasteiger partial charge on any atom is -0.369 e. The second-order valence-corrected chi connectivity index (χ2v) is 9.54. The molecule has 0 saturated heterocycles. The highest BCUT2D eigenvalue weighted by molar-refractivity contribution is 8.22. The van der Waals surface area contributed by atoms with Crippen LogP contribution in [0.2, 0.25) is 5.02 Å². The van der Waals surface area contributed by atoms with Crippen molar-refractivity contribution in [3.63, 3.8) is 0 Å². The van der Waals surface area contributed by atoms with Gasteiger partial charge in [0, 0.05) is 18.6 Å². The Labute approximate surface area is 171 Å². The molecule has 0 saturated carbocycles. The number of nitrogens with zero attached hydrogens (tertiary/aromatic N) is 5. The van der Waals surface area contributed by atoms with Gasteiger partial charge in [-0.25, -0.2) is 19.3 Å². The fourth-order valence-corrected chi connectivity index (χ4v) is 5.20. The summed E-state index contributed by atoms with van der Waals surface area (Å²) in [5.41, 5.74) is 4.95. The van der Waals surface area contributed by atoms with Gasteiger partial charge in [-0.1, -0.05) is 11.6 Å². The van der Waals surface area contributed by atoms with Gasteiger partial charge < -0.3 is 11.1 Å². The number of thiazole rings is 1. The van der Waals surface area contributed by atoms with Crippen LogP contribution in [0, 0.1) is 11.3 Å². The van der Waals surface area contributed by atoms with Crippen molar-refractivity contribution in [1.29, 1.82) is 5.26 Å². The molecular formula is C15H16ClN7O3S2. The van der Waals surface area contributed by atoms with Gasteiger partial charge in [-0.05, 0) is 13.0 Å². The van der Waals surface area contributed by atoms with Crippen molar-refractivity contribution in [2.24, 2.45) is 10.7 Å². The lowest BCUT2D eigenvalue weighted by Crippen LogP contribution is -2.47. The molecule has 1 aliphatic rings. The van der Waals surface area contributed by atoms with Crippen LogP contribution in [0.5, 0.6) is 0 Å². The van der Waals surface area contributed by atoms with Crippen molar-refractivity contribution in [3.05, 3.63) is 38.9 Å². The first-order valence-corrected chi connectivity index (χ1v) is 10.7. The molecule has 2 aromatic heterocycles. The van der Waals surface area contributed by atoms with Gasteiger partial charge in [-0.15, -0.1) is 22.1 Å². The fraction of sp³-hybridized carbons (Fsp3) is 0.267. The maximum absolute atomic E-state index is 12.4. The van der Waals surface area contributed by atoms with Crippen LogP contribution in [0.4, 0.5) is 5.82 Å². The number of hydrogen-bond donors (Lipinski definition) is 4. The van der Waals surface area contributed by atoms with Crippen LogP contribution in [-0.2, 0) is 5.54 Å². The number of anilines is 1. The van der Waals surface area contributed by atoms with E-state index >= 15 is 0 Å². The maximum atomic E-state index is 12.4. The molecule has 2 aromatic rings. The molecule has 3 heterocycles. The van der Waals surface area contributed by atoms with Crippen LogP contribution in [0.3, 0.4) is 0 Å². The number of nitriles is 1. The minimum absolute atomic E-state index is 0.0110. The number of nitrogens with two attached hydrogens (primary N) is 1. The molecule has 13 heteroatoms. The molecule has 0 radical (unpaired) electrons.